The van der Waals surface area contributed by atoms with Crippen molar-refractivity contribution in [2.75, 3.05) is 33.3 Å². The van der Waals surface area contributed by atoms with Gasteiger partial charge >= 0.3 is 12.2 Å². The minimum absolute atomic E-state index is 0.137. The van der Waals surface area contributed by atoms with Crippen LogP contribution in [0.3, 0.4) is 0 Å². The number of alkyl halides is 3. The van der Waals surface area contributed by atoms with Gasteiger partial charge in [-0.2, -0.15) is 13.2 Å². The van der Waals surface area contributed by atoms with Crippen molar-refractivity contribution in [2.45, 2.75) is 25.2 Å². The Morgan fingerprint density at radius 2 is 2.00 bits per heavy atom. The van der Waals surface area contributed by atoms with Crippen molar-refractivity contribution in [3.63, 3.8) is 0 Å². The summed E-state index contributed by atoms with van der Waals surface area (Å²) in [5.41, 5.74) is 0. The first-order valence-corrected chi connectivity index (χ1v) is 6.86. The summed E-state index contributed by atoms with van der Waals surface area (Å²) in [6.07, 6.45) is -5.31. The predicted molar refractivity (Wildman–Crippen MR) is 72.4 cm³/mol. The average Bonchev–Trinajstić information content (AvgIpc) is 2.50. The average molecular weight is 340 g/mol. The molecule has 1 fully saturated rings. The molecule has 0 aromatic carbocycles. The van der Waals surface area contributed by atoms with E-state index >= 15 is 0 Å². The molecule has 2 atom stereocenters. The number of urea groups is 1. The molecule has 0 aromatic heterocycles. The Labute approximate surface area is 130 Å². The molecule has 3 N–H and O–H groups in total. The van der Waals surface area contributed by atoms with Gasteiger partial charge in [0.25, 0.3) is 0 Å². The van der Waals surface area contributed by atoms with Crippen LogP contribution >= 0.6 is 0 Å². The topological polar surface area (TPSA) is 99.8 Å². The van der Waals surface area contributed by atoms with Gasteiger partial charge in [-0.3, -0.25) is 19.8 Å². The number of ether oxygens (including phenoxy) is 1. The molecule has 11 heteroatoms. The third-order valence-electron chi connectivity index (χ3n) is 3.25. The molecule has 8 nitrogen and oxygen atoms in total. The zero-order chi connectivity index (χ0) is 17.6. The molecule has 0 spiro atoms. The third-order valence-corrected chi connectivity index (χ3v) is 3.25. The highest BCUT2D eigenvalue weighted by Crippen LogP contribution is 2.12. The molecule has 1 saturated heterocycles. The Hall–Kier alpha value is -1.88. The van der Waals surface area contributed by atoms with Crippen LogP contribution in [0.15, 0.2) is 0 Å². The maximum atomic E-state index is 12.0. The molecule has 0 saturated carbocycles. The van der Waals surface area contributed by atoms with Crippen LogP contribution in [0.2, 0.25) is 0 Å². The van der Waals surface area contributed by atoms with Crippen LogP contribution in [0.25, 0.3) is 0 Å². The van der Waals surface area contributed by atoms with Crippen LogP contribution < -0.4 is 16.0 Å². The number of nitrogens with zero attached hydrogens (tertiary/aromatic N) is 1. The molecule has 23 heavy (non-hydrogen) atoms. The van der Waals surface area contributed by atoms with E-state index in [2.05, 4.69) is 5.32 Å². The third kappa shape index (κ3) is 6.40. The number of hydrogen-bond acceptors (Lipinski definition) is 5. The van der Waals surface area contributed by atoms with Crippen LogP contribution in [-0.2, 0) is 14.3 Å². The Kier molecular flexibility index (Phi) is 6.76. The lowest BCUT2D eigenvalue weighted by Crippen LogP contribution is -2.56. The lowest BCUT2D eigenvalue weighted by Gasteiger charge is -2.35. The number of likely N-dealkylation sites (N-methyl/N-ethyl adjacent to an activating group) is 1. The highest BCUT2D eigenvalue weighted by Gasteiger charge is 2.32. The van der Waals surface area contributed by atoms with E-state index in [0.29, 0.717) is 6.54 Å². The number of hydrogen-bond donors (Lipinski definition) is 3. The van der Waals surface area contributed by atoms with Gasteiger partial charge in [-0.25, -0.2) is 4.79 Å². The van der Waals surface area contributed by atoms with Crippen LogP contribution in [0.1, 0.15) is 6.92 Å². The Morgan fingerprint density at radius 1 is 1.35 bits per heavy atom. The summed E-state index contributed by atoms with van der Waals surface area (Å²) in [6.45, 7) is 0.663. The lowest BCUT2D eigenvalue weighted by molar-refractivity contribution is -0.142. The normalized spacial score (nSPS) is 20.5. The summed E-state index contributed by atoms with van der Waals surface area (Å²) in [5, 5.41) is 5.80. The van der Waals surface area contributed by atoms with Crippen molar-refractivity contribution in [3.05, 3.63) is 0 Å². The van der Waals surface area contributed by atoms with E-state index in [1.165, 1.54) is 14.0 Å². The van der Waals surface area contributed by atoms with Crippen molar-refractivity contribution in [1.82, 2.24) is 20.9 Å². The maximum absolute atomic E-state index is 12.0. The Bertz CT molecular complexity index is 458. The summed E-state index contributed by atoms with van der Waals surface area (Å²) in [6, 6.07) is -2.03. The van der Waals surface area contributed by atoms with Crippen LogP contribution in [0.4, 0.5) is 18.0 Å². The maximum Gasteiger partial charge on any atom is 0.405 e. The van der Waals surface area contributed by atoms with Gasteiger partial charge in [-0.15, -0.1) is 0 Å². The summed E-state index contributed by atoms with van der Waals surface area (Å²) >= 11 is 0. The zero-order valence-electron chi connectivity index (χ0n) is 12.7. The molecule has 0 aliphatic carbocycles. The lowest BCUT2D eigenvalue weighted by atomic mass is 10.2. The molecule has 0 aromatic rings. The van der Waals surface area contributed by atoms with E-state index in [1.807, 2.05) is 5.32 Å². The van der Waals surface area contributed by atoms with Gasteiger partial charge in [-0.05, 0) is 6.92 Å². The first-order valence-electron chi connectivity index (χ1n) is 6.86. The second-order valence-corrected chi connectivity index (χ2v) is 4.93. The van der Waals surface area contributed by atoms with E-state index in [0.717, 1.165) is 0 Å². The number of carbonyl (C=O) groups is 3. The minimum Gasteiger partial charge on any atom is -0.366 e. The summed E-state index contributed by atoms with van der Waals surface area (Å²) < 4.78 is 41.2. The van der Waals surface area contributed by atoms with E-state index in [4.69, 9.17) is 4.74 Å². The molecule has 2 unspecified atom stereocenters. The van der Waals surface area contributed by atoms with Crippen LogP contribution in [0.5, 0.6) is 0 Å². The van der Waals surface area contributed by atoms with Gasteiger partial charge in [0.1, 0.15) is 12.6 Å². The highest BCUT2D eigenvalue weighted by molar-refractivity contribution is 5.96. The number of imide groups is 1. The van der Waals surface area contributed by atoms with Crippen LogP contribution in [0, 0.1) is 0 Å². The quantitative estimate of drug-likeness (QED) is 0.623. The fraction of sp³-hybridized carbons (Fsp3) is 0.750. The first-order chi connectivity index (χ1) is 10.6. The molecule has 4 amide bonds. The SMILES string of the molecule is CNC(=O)C1CN(C(C)C(=O)NC(=O)NCC(F)(F)F)CCO1. The number of amides is 4. The largest absolute Gasteiger partial charge is 0.405 e. The van der Waals surface area contributed by atoms with Gasteiger partial charge in [0.05, 0.1) is 12.6 Å². The monoisotopic (exact) mass is 340 g/mol. The minimum atomic E-state index is -4.56. The molecule has 1 aliphatic heterocycles. The van der Waals surface area contributed by atoms with Gasteiger partial charge in [0.15, 0.2) is 0 Å². The van der Waals surface area contributed by atoms with Crippen molar-refractivity contribution in [3.8, 4) is 0 Å². The Balaban J connectivity index is 2.49. The number of carbonyl (C=O) groups excluding carboxylic acids is 3. The fourth-order valence-electron chi connectivity index (χ4n) is 1.95. The second kappa shape index (κ2) is 8.11. The van der Waals surface area contributed by atoms with E-state index in [-0.39, 0.29) is 19.1 Å². The number of rotatable bonds is 4. The summed E-state index contributed by atoms with van der Waals surface area (Å²) in [7, 11) is 1.45. The second-order valence-electron chi connectivity index (χ2n) is 4.93. The predicted octanol–water partition coefficient (Wildman–Crippen LogP) is -0.790. The number of halogens is 3. The fourth-order valence-corrected chi connectivity index (χ4v) is 1.95. The number of nitrogens with one attached hydrogen (secondary N) is 3. The van der Waals surface area contributed by atoms with E-state index in [1.54, 1.807) is 10.2 Å². The zero-order valence-corrected chi connectivity index (χ0v) is 12.7. The molecule has 0 radical (unpaired) electrons. The molecule has 0 bridgehead atoms. The highest BCUT2D eigenvalue weighted by atomic mass is 19.4. The summed E-state index contributed by atoms with van der Waals surface area (Å²) in [5.74, 6) is -1.10. The molecule has 1 heterocycles. The standard InChI is InChI=1S/C12H19F3N4O4/c1-7(9(20)18-11(22)17-6-12(13,14)15)19-3-4-23-8(5-19)10(21)16-2/h7-8H,3-6H2,1-2H3,(H,16,21)(H2,17,18,20,22). The van der Waals surface area contributed by atoms with Crippen LogP contribution in [-0.4, -0.2) is 74.4 Å². The van der Waals surface area contributed by atoms with Gasteiger partial charge in [0, 0.05) is 20.1 Å². The van der Waals surface area contributed by atoms with Gasteiger partial charge < -0.3 is 15.4 Å². The Morgan fingerprint density at radius 3 is 2.57 bits per heavy atom. The van der Waals surface area contributed by atoms with Crippen molar-refractivity contribution in [1.29, 1.82) is 0 Å². The molecule has 132 valence electrons. The molecule has 1 aliphatic rings. The molecular weight excluding hydrogens is 321 g/mol. The van der Waals surface area contributed by atoms with Crippen molar-refractivity contribution in [2.24, 2.45) is 0 Å². The molecular formula is C12H19F3N4O4. The first kappa shape index (κ1) is 19.2. The van der Waals surface area contributed by atoms with Crippen molar-refractivity contribution >= 4 is 17.8 Å². The molecule has 1 rings (SSSR count). The number of morpholine rings is 1. The smallest absolute Gasteiger partial charge is 0.366 e. The van der Waals surface area contributed by atoms with Gasteiger partial charge in [0.2, 0.25) is 11.8 Å². The van der Waals surface area contributed by atoms with Crippen molar-refractivity contribution < 1.29 is 32.3 Å². The van der Waals surface area contributed by atoms with E-state index < -0.39 is 36.8 Å². The van der Waals surface area contributed by atoms with E-state index in [9.17, 15) is 27.6 Å². The summed E-state index contributed by atoms with van der Waals surface area (Å²) in [4.78, 5) is 36.3. The van der Waals surface area contributed by atoms with Gasteiger partial charge in [-0.1, -0.05) is 0 Å².